The van der Waals surface area contributed by atoms with E-state index in [2.05, 4.69) is 5.92 Å². The molecule has 0 fully saturated rings. The number of hydrogen-bond acceptors (Lipinski definition) is 2. The van der Waals surface area contributed by atoms with Crippen molar-refractivity contribution in [2.45, 2.75) is 6.18 Å². The van der Waals surface area contributed by atoms with E-state index in [4.69, 9.17) is 10.4 Å². The highest BCUT2D eigenvalue weighted by molar-refractivity contribution is 5.47. The first-order chi connectivity index (χ1) is 6.95. The van der Waals surface area contributed by atoms with Crippen molar-refractivity contribution in [2.24, 2.45) is 0 Å². The molecule has 76 valence electrons. The molecule has 0 bridgehead atoms. The van der Waals surface area contributed by atoms with Gasteiger partial charge >= 0.3 is 6.18 Å². The molecule has 0 saturated carbocycles. The van der Waals surface area contributed by atoms with Gasteiger partial charge in [0.05, 0.1) is 5.56 Å². The molecule has 15 heavy (non-hydrogen) atoms. The van der Waals surface area contributed by atoms with Crippen molar-refractivity contribution in [3.8, 4) is 23.7 Å². The van der Waals surface area contributed by atoms with Crippen LogP contribution in [-0.4, -0.2) is 5.11 Å². The summed E-state index contributed by atoms with van der Waals surface area (Å²) in [6, 6.07) is 4.09. The second kappa shape index (κ2) is 3.93. The maximum absolute atomic E-state index is 12.4. The molecule has 0 heterocycles. The van der Waals surface area contributed by atoms with Crippen LogP contribution in [0.1, 0.15) is 11.1 Å². The van der Waals surface area contributed by atoms with Crippen molar-refractivity contribution >= 4 is 0 Å². The number of alkyl halides is 3. The molecule has 0 radical (unpaired) electrons. The Morgan fingerprint density at radius 3 is 2.47 bits per heavy atom. The van der Waals surface area contributed by atoms with Crippen molar-refractivity contribution < 1.29 is 18.3 Å². The molecule has 0 amide bonds. The van der Waals surface area contributed by atoms with E-state index in [9.17, 15) is 13.2 Å². The number of nitriles is 1. The number of halogens is 3. The number of aromatic hydroxyl groups is 1. The van der Waals surface area contributed by atoms with Gasteiger partial charge in [-0.3, -0.25) is 0 Å². The van der Waals surface area contributed by atoms with Gasteiger partial charge in [0.25, 0.3) is 0 Å². The Labute approximate surface area is 83.6 Å². The van der Waals surface area contributed by atoms with Crippen LogP contribution in [0, 0.1) is 23.2 Å². The Morgan fingerprint density at radius 2 is 1.93 bits per heavy atom. The summed E-state index contributed by atoms with van der Waals surface area (Å²) >= 11 is 0. The van der Waals surface area contributed by atoms with Gasteiger partial charge < -0.3 is 5.11 Å². The fourth-order valence-corrected chi connectivity index (χ4v) is 0.971. The maximum atomic E-state index is 12.4. The van der Waals surface area contributed by atoms with Crippen molar-refractivity contribution in [3.05, 3.63) is 29.3 Å². The van der Waals surface area contributed by atoms with Gasteiger partial charge in [0.2, 0.25) is 0 Å². The molecule has 2 nitrogen and oxygen atoms in total. The van der Waals surface area contributed by atoms with E-state index < -0.39 is 17.5 Å². The summed E-state index contributed by atoms with van der Waals surface area (Å²) in [6.45, 7) is 0. The number of hydrogen-bond donors (Lipinski definition) is 1. The number of nitrogens with zero attached hydrogens (tertiary/aromatic N) is 1. The fraction of sp³-hybridized carbons (Fsp3) is 0.100. The highest BCUT2D eigenvalue weighted by atomic mass is 19.4. The van der Waals surface area contributed by atoms with Crippen molar-refractivity contribution in [2.75, 3.05) is 0 Å². The van der Waals surface area contributed by atoms with Crippen LogP contribution in [0.3, 0.4) is 0 Å². The van der Waals surface area contributed by atoms with Crippen LogP contribution < -0.4 is 0 Å². The van der Waals surface area contributed by atoms with Crippen LogP contribution in [0.25, 0.3) is 0 Å². The molecule has 5 heteroatoms. The Kier molecular flexibility index (Phi) is 2.87. The summed E-state index contributed by atoms with van der Waals surface area (Å²) in [5, 5.41) is 17.0. The fourth-order valence-electron chi connectivity index (χ4n) is 0.971. The molecule has 0 saturated heterocycles. The molecule has 1 N–H and O–H groups in total. The number of benzene rings is 1. The zero-order valence-corrected chi connectivity index (χ0v) is 7.26. The number of phenols is 1. The van der Waals surface area contributed by atoms with Gasteiger partial charge in [-0.2, -0.15) is 18.4 Å². The van der Waals surface area contributed by atoms with E-state index in [1.165, 1.54) is 6.07 Å². The second-order valence-corrected chi connectivity index (χ2v) is 2.59. The van der Waals surface area contributed by atoms with Crippen LogP contribution in [0.5, 0.6) is 5.75 Å². The minimum atomic E-state index is -4.60. The highest BCUT2D eigenvalue weighted by Crippen LogP contribution is 2.33. The van der Waals surface area contributed by atoms with Gasteiger partial charge in [-0.15, -0.1) is 0 Å². The SMILES string of the molecule is N#CC#Cc1ccc(O)cc1C(F)(F)F. The molecule has 0 unspecified atom stereocenters. The molecule has 0 aromatic heterocycles. The lowest BCUT2D eigenvalue weighted by molar-refractivity contribution is -0.137. The first kappa shape index (κ1) is 10.9. The third kappa shape index (κ3) is 2.65. The first-order valence-corrected chi connectivity index (χ1v) is 3.75. The Hall–Kier alpha value is -2.14. The summed E-state index contributed by atoms with van der Waals surface area (Å²) in [5.41, 5.74) is -1.38. The average Bonchev–Trinajstić information content (AvgIpc) is 2.14. The third-order valence-corrected chi connectivity index (χ3v) is 1.56. The maximum Gasteiger partial charge on any atom is 0.417 e. The van der Waals surface area contributed by atoms with Crippen molar-refractivity contribution in [1.82, 2.24) is 0 Å². The van der Waals surface area contributed by atoms with Crippen LogP contribution >= 0.6 is 0 Å². The van der Waals surface area contributed by atoms with Crippen molar-refractivity contribution in [3.63, 3.8) is 0 Å². The zero-order chi connectivity index (χ0) is 11.5. The van der Waals surface area contributed by atoms with Gasteiger partial charge in [-0.1, -0.05) is 5.92 Å². The Balaban J connectivity index is 3.35. The topological polar surface area (TPSA) is 44.0 Å². The highest BCUT2D eigenvalue weighted by Gasteiger charge is 2.33. The van der Waals surface area contributed by atoms with E-state index in [0.29, 0.717) is 6.07 Å². The Bertz CT molecular complexity index is 474. The number of phenolic OH excluding ortho intramolecular Hbond substituents is 1. The van der Waals surface area contributed by atoms with Crippen LogP contribution in [0.4, 0.5) is 13.2 Å². The lowest BCUT2D eigenvalue weighted by Gasteiger charge is -2.08. The molecule has 0 spiro atoms. The molecule has 0 aliphatic carbocycles. The summed E-state index contributed by atoms with van der Waals surface area (Å²) in [6.07, 6.45) is -4.60. The van der Waals surface area contributed by atoms with E-state index in [1.54, 1.807) is 0 Å². The predicted octanol–water partition coefficient (Wildman–Crippen LogP) is 2.29. The monoisotopic (exact) mass is 211 g/mol. The molecule has 0 aliphatic rings. The molecule has 1 rings (SSSR count). The van der Waals surface area contributed by atoms with Crippen molar-refractivity contribution in [1.29, 1.82) is 5.26 Å². The molecule has 1 aromatic rings. The van der Waals surface area contributed by atoms with Crippen LogP contribution in [0.15, 0.2) is 18.2 Å². The van der Waals surface area contributed by atoms with Gasteiger partial charge in [-0.05, 0) is 18.2 Å². The van der Waals surface area contributed by atoms with Gasteiger partial charge in [0.15, 0.2) is 6.07 Å². The number of rotatable bonds is 0. The summed E-state index contributed by atoms with van der Waals surface area (Å²) in [7, 11) is 0. The molecule has 0 atom stereocenters. The molecular weight excluding hydrogens is 207 g/mol. The third-order valence-electron chi connectivity index (χ3n) is 1.56. The predicted molar refractivity (Wildman–Crippen MR) is 45.6 cm³/mol. The smallest absolute Gasteiger partial charge is 0.417 e. The molecule has 1 aromatic carbocycles. The van der Waals surface area contributed by atoms with Crippen LogP contribution in [-0.2, 0) is 6.18 Å². The van der Waals surface area contributed by atoms with E-state index in [-0.39, 0.29) is 5.56 Å². The Morgan fingerprint density at radius 1 is 1.27 bits per heavy atom. The lowest BCUT2D eigenvalue weighted by Crippen LogP contribution is -2.07. The standard InChI is InChI=1S/C10H4F3NO/c11-10(12,13)9-6-8(15)4-3-7(9)2-1-5-14/h3-4,6,15H. The van der Waals surface area contributed by atoms with Gasteiger partial charge in [0.1, 0.15) is 5.75 Å². The minimum Gasteiger partial charge on any atom is -0.508 e. The summed E-state index contributed by atoms with van der Waals surface area (Å²) in [5.74, 6) is 3.43. The second-order valence-electron chi connectivity index (χ2n) is 2.59. The van der Waals surface area contributed by atoms with E-state index >= 15 is 0 Å². The minimum absolute atomic E-state index is 0.332. The molecule has 0 aliphatic heterocycles. The normalized spacial score (nSPS) is 10.0. The zero-order valence-electron chi connectivity index (χ0n) is 7.26. The van der Waals surface area contributed by atoms with Crippen LogP contribution in [0.2, 0.25) is 0 Å². The molecular formula is C10H4F3NO. The quantitative estimate of drug-likeness (QED) is 0.669. The van der Waals surface area contributed by atoms with Gasteiger partial charge in [-0.25, -0.2) is 0 Å². The lowest BCUT2D eigenvalue weighted by atomic mass is 10.1. The first-order valence-electron chi connectivity index (χ1n) is 3.75. The summed E-state index contributed by atoms with van der Waals surface area (Å²) in [4.78, 5) is 0. The van der Waals surface area contributed by atoms with E-state index in [0.717, 1.165) is 12.1 Å². The van der Waals surface area contributed by atoms with E-state index in [1.807, 2.05) is 5.92 Å². The largest absolute Gasteiger partial charge is 0.508 e. The average molecular weight is 211 g/mol. The van der Waals surface area contributed by atoms with Gasteiger partial charge in [0, 0.05) is 11.5 Å². The summed E-state index contributed by atoms with van der Waals surface area (Å²) < 4.78 is 37.2.